The monoisotopic (exact) mass is 265 g/mol. The van der Waals surface area contributed by atoms with E-state index >= 15 is 0 Å². The van der Waals surface area contributed by atoms with Crippen LogP contribution in [0.4, 0.5) is 13.2 Å². The van der Waals surface area contributed by atoms with Crippen LogP contribution in [0.1, 0.15) is 12.1 Å². The van der Waals surface area contributed by atoms with Crippen LogP contribution in [-0.4, -0.2) is 45.6 Å². The molecule has 0 spiro atoms. The number of amides is 1. The van der Waals surface area contributed by atoms with E-state index in [4.69, 9.17) is 5.73 Å². The zero-order valence-electron chi connectivity index (χ0n) is 9.81. The molecule has 1 heterocycles. The van der Waals surface area contributed by atoms with E-state index < -0.39 is 18.5 Å². The number of rotatable bonds is 5. The van der Waals surface area contributed by atoms with Gasteiger partial charge < -0.3 is 10.6 Å². The third kappa shape index (κ3) is 4.70. The van der Waals surface area contributed by atoms with Gasteiger partial charge in [-0.3, -0.25) is 4.79 Å². The predicted molar refractivity (Wildman–Crippen MR) is 56.2 cm³/mol. The number of halogens is 3. The standard InChI is InChI=1S/C9H14F3N5O/c1-16(3-2-9(10,11)12)8(18)6-17-5-7(4-13)14-15-17/h5H,2-4,6,13H2,1H3. The number of hydrogen-bond acceptors (Lipinski definition) is 4. The van der Waals surface area contributed by atoms with E-state index in [9.17, 15) is 18.0 Å². The fourth-order valence-corrected chi connectivity index (χ4v) is 1.19. The lowest BCUT2D eigenvalue weighted by Crippen LogP contribution is -2.33. The van der Waals surface area contributed by atoms with Gasteiger partial charge in [0.1, 0.15) is 6.54 Å². The van der Waals surface area contributed by atoms with Gasteiger partial charge in [-0.2, -0.15) is 13.2 Å². The van der Waals surface area contributed by atoms with Crippen LogP contribution < -0.4 is 5.73 Å². The summed E-state index contributed by atoms with van der Waals surface area (Å²) < 4.78 is 37.2. The molecule has 0 radical (unpaired) electrons. The number of likely N-dealkylation sites (N-methyl/N-ethyl adjacent to an activating group) is 1. The summed E-state index contributed by atoms with van der Waals surface area (Å²) in [5, 5.41) is 7.30. The highest BCUT2D eigenvalue weighted by atomic mass is 19.4. The Labute approximate surface area is 102 Å². The first-order valence-electron chi connectivity index (χ1n) is 5.21. The van der Waals surface area contributed by atoms with E-state index in [1.807, 2.05) is 0 Å². The summed E-state index contributed by atoms with van der Waals surface area (Å²) in [6.45, 7) is -0.333. The number of hydrogen-bond donors (Lipinski definition) is 1. The van der Waals surface area contributed by atoms with Gasteiger partial charge in [-0.1, -0.05) is 5.21 Å². The van der Waals surface area contributed by atoms with Crippen LogP contribution in [0.2, 0.25) is 0 Å². The van der Waals surface area contributed by atoms with Gasteiger partial charge in [0.15, 0.2) is 0 Å². The largest absolute Gasteiger partial charge is 0.390 e. The van der Waals surface area contributed by atoms with Crippen LogP contribution >= 0.6 is 0 Å². The molecule has 0 atom stereocenters. The van der Waals surface area contributed by atoms with Gasteiger partial charge in [0.25, 0.3) is 0 Å². The number of alkyl halides is 3. The third-order valence-electron chi connectivity index (χ3n) is 2.25. The second-order valence-corrected chi connectivity index (χ2v) is 3.79. The van der Waals surface area contributed by atoms with Crippen LogP contribution in [-0.2, 0) is 17.9 Å². The number of carbonyl (C=O) groups excluding carboxylic acids is 1. The summed E-state index contributed by atoms with van der Waals surface area (Å²) in [4.78, 5) is 12.6. The Kier molecular flexibility index (Phi) is 4.65. The molecule has 1 rings (SSSR count). The van der Waals surface area contributed by atoms with Crippen molar-refractivity contribution in [1.29, 1.82) is 0 Å². The average Bonchev–Trinajstić information content (AvgIpc) is 2.72. The van der Waals surface area contributed by atoms with E-state index in [0.717, 1.165) is 4.90 Å². The lowest BCUT2D eigenvalue weighted by Gasteiger charge is -2.17. The molecule has 0 fully saturated rings. The number of nitrogens with zero attached hydrogens (tertiary/aromatic N) is 4. The summed E-state index contributed by atoms with van der Waals surface area (Å²) >= 11 is 0. The molecule has 18 heavy (non-hydrogen) atoms. The second-order valence-electron chi connectivity index (χ2n) is 3.79. The fourth-order valence-electron chi connectivity index (χ4n) is 1.19. The molecule has 1 amide bonds. The molecule has 102 valence electrons. The second kappa shape index (κ2) is 5.80. The normalized spacial score (nSPS) is 11.6. The van der Waals surface area contributed by atoms with Gasteiger partial charge in [0.05, 0.1) is 18.3 Å². The van der Waals surface area contributed by atoms with Crippen molar-refractivity contribution in [3.63, 3.8) is 0 Å². The topological polar surface area (TPSA) is 77.0 Å². The molecule has 2 N–H and O–H groups in total. The molecule has 0 aliphatic carbocycles. The zero-order chi connectivity index (χ0) is 13.8. The molecular formula is C9H14F3N5O. The minimum absolute atomic E-state index is 0.151. The Hall–Kier alpha value is -1.64. The maximum atomic E-state index is 12.0. The van der Waals surface area contributed by atoms with E-state index in [2.05, 4.69) is 10.3 Å². The van der Waals surface area contributed by atoms with E-state index in [1.165, 1.54) is 17.9 Å². The van der Waals surface area contributed by atoms with Crippen LogP contribution in [0, 0.1) is 0 Å². The van der Waals surface area contributed by atoms with Crippen LogP contribution in [0.15, 0.2) is 6.20 Å². The van der Waals surface area contributed by atoms with Crippen LogP contribution in [0.25, 0.3) is 0 Å². The van der Waals surface area contributed by atoms with Crippen molar-refractivity contribution in [3.05, 3.63) is 11.9 Å². The highest BCUT2D eigenvalue weighted by molar-refractivity contribution is 5.75. The highest BCUT2D eigenvalue weighted by Crippen LogP contribution is 2.19. The fraction of sp³-hybridized carbons (Fsp3) is 0.667. The van der Waals surface area contributed by atoms with Crippen molar-refractivity contribution in [3.8, 4) is 0 Å². The minimum atomic E-state index is -4.27. The molecule has 0 aromatic carbocycles. The van der Waals surface area contributed by atoms with Crippen LogP contribution in [0.5, 0.6) is 0 Å². The molecular weight excluding hydrogens is 251 g/mol. The number of aromatic nitrogens is 3. The SMILES string of the molecule is CN(CCC(F)(F)F)C(=O)Cn1cc(CN)nn1. The molecule has 6 nitrogen and oxygen atoms in total. The molecule has 0 aliphatic rings. The van der Waals surface area contributed by atoms with Gasteiger partial charge in [-0.25, -0.2) is 4.68 Å². The first-order valence-corrected chi connectivity index (χ1v) is 5.21. The molecule has 1 aromatic heterocycles. The average molecular weight is 265 g/mol. The maximum Gasteiger partial charge on any atom is 0.390 e. The maximum absolute atomic E-state index is 12.0. The predicted octanol–water partition coefficient (Wildman–Crippen LogP) is 0.148. The number of carbonyl (C=O) groups is 1. The van der Waals surface area contributed by atoms with Gasteiger partial charge in [0.2, 0.25) is 5.91 Å². The van der Waals surface area contributed by atoms with Gasteiger partial charge >= 0.3 is 6.18 Å². The summed E-state index contributed by atoms with van der Waals surface area (Å²) in [6, 6.07) is 0. The summed E-state index contributed by atoms with van der Waals surface area (Å²) in [5.41, 5.74) is 5.83. The molecule has 1 aromatic rings. The lowest BCUT2D eigenvalue weighted by molar-refractivity contribution is -0.144. The molecule has 0 aliphatic heterocycles. The first-order chi connectivity index (χ1) is 8.31. The van der Waals surface area contributed by atoms with E-state index in [0.29, 0.717) is 5.69 Å². The number of nitrogens with two attached hydrogens (primary N) is 1. The van der Waals surface area contributed by atoms with Crippen molar-refractivity contribution < 1.29 is 18.0 Å². The molecule has 0 saturated heterocycles. The Bertz CT molecular complexity index is 403. The van der Waals surface area contributed by atoms with Crippen molar-refractivity contribution in [2.75, 3.05) is 13.6 Å². The zero-order valence-corrected chi connectivity index (χ0v) is 9.81. The first kappa shape index (κ1) is 14.4. The smallest absolute Gasteiger partial charge is 0.344 e. The Balaban J connectivity index is 2.44. The molecule has 9 heteroatoms. The molecule has 0 bridgehead atoms. The minimum Gasteiger partial charge on any atom is -0.344 e. The Morgan fingerprint density at radius 3 is 2.72 bits per heavy atom. The van der Waals surface area contributed by atoms with Crippen molar-refractivity contribution in [2.24, 2.45) is 5.73 Å². The Morgan fingerprint density at radius 2 is 2.22 bits per heavy atom. The van der Waals surface area contributed by atoms with Crippen molar-refractivity contribution in [1.82, 2.24) is 19.9 Å². The molecule has 0 saturated carbocycles. The summed E-state index contributed by atoms with van der Waals surface area (Å²) in [5.74, 6) is -0.465. The quantitative estimate of drug-likeness (QED) is 0.822. The van der Waals surface area contributed by atoms with Crippen molar-refractivity contribution in [2.45, 2.75) is 25.7 Å². The van der Waals surface area contributed by atoms with Crippen molar-refractivity contribution >= 4 is 5.91 Å². The summed E-state index contributed by atoms with van der Waals surface area (Å²) in [6.07, 6.45) is -3.81. The van der Waals surface area contributed by atoms with E-state index in [1.54, 1.807) is 0 Å². The van der Waals surface area contributed by atoms with Gasteiger partial charge in [0, 0.05) is 20.1 Å². The highest BCUT2D eigenvalue weighted by Gasteiger charge is 2.28. The summed E-state index contributed by atoms with van der Waals surface area (Å²) in [7, 11) is 1.31. The third-order valence-corrected chi connectivity index (χ3v) is 2.25. The van der Waals surface area contributed by atoms with Gasteiger partial charge in [-0.05, 0) is 0 Å². The Morgan fingerprint density at radius 1 is 1.56 bits per heavy atom. The van der Waals surface area contributed by atoms with E-state index in [-0.39, 0.29) is 19.6 Å². The van der Waals surface area contributed by atoms with Gasteiger partial charge in [-0.15, -0.1) is 5.10 Å². The lowest BCUT2D eigenvalue weighted by atomic mass is 10.3. The molecule has 0 unspecified atom stereocenters. The van der Waals surface area contributed by atoms with Crippen LogP contribution in [0.3, 0.4) is 0 Å².